The Morgan fingerprint density at radius 2 is 2.18 bits per heavy atom. The maximum atomic E-state index is 10.9. The van der Waals surface area contributed by atoms with Crippen LogP contribution in [0.1, 0.15) is 17.3 Å². The molecule has 0 unspecified atom stereocenters. The van der Waals surface area contributed by atoms with Crippen molar-refractivity contribution in [3.63, 3.8) is 0 Å². The van der Waals surface area contributed by atoms with Crippen LogP contribution in [0.25, 0.3) is 0 Å². The van der Waals surface area contributed by atoms with E-state index in [1.807, 2.05) is 18.2 Å². The normalized spacial score (nSPS) is 10.0. The van der Waals surface area contributed by atoms with Crippen molar-refractivity contribution in [3.8, 4) is 0 Å². The van der Waals surface area contributed by atoms with Gasteiger partial charge < -0.3 is 0 Å². The fourth-order valence-corrected chi connectivity index (χ4v) is 2.04. The number of halogens is 1. The summed E-state index contributed by atoms with van der Waals surface area (Å²) in [5.74, 6) is 0.157. The molecule has 0 fully saturated rings. The van der Waals surface area contributed by atoms with Gasteiger partial charge in [-0.1, -0.05) is 0 Å². The van der Waals surface area contributed by atoms with Crippen molar-refractivity contribution < 1.29 is 26.0 Å². The van der Waals surface area contributed by atoms with Crippen LogP contribution in [-0.2, 0) is 0 Å². The summed E-state index contributed by atoms with van der Waals surface area (Å²) in [5, 5.41) is 0. The monoisotopic (exact) mass is 261 g/mol. The van der Waals surface area contributed by atoms with E-state index in [-0.39, 0.29) is 27.0 Å². The molecule has 0 amide bonds. The molecule has 0 saturated carbocycles. The van der Waals surface area contributed by atoms with Gasteiger partial charge in [0.2, 0.25) is 0 Å². The van der Waals surface area contributed by atoms with E-state index in [0.29, 0.717) is 0 Å². The zero-order valence-corrected chi connectivity index (χ0v) is 8.75. The number of carbonyl (C=O) groups excluding carboxylic acids is 1. The fraction of sp³-hybridized carbons (Fsp3) is 0.222. The molecule has 1 rings (SSSR count). The second kappa shape index (κ2) is 3.85. The van der Waals surface area contributed by atoms with Gasteiger partial charge in [0.25, 0.3) is 0 Å². The van der Waals surface area contributed by atoms with Gasteiger partial charge in [-0.15, -0.1) is 0 Å². The summed E-state index contributed by atoms with van der Waals surface area (Å²) in [6.45, 7) is 1.60. The van der Waals surface area contributed by atoms with Crippen molar-refractivity contribution in [3.05, 3.63) is 33.4 Å². The summed E-state index contributed by atoms with van der Waals surface area (Å²) in [6, 6.07) is 7.90. The van der Waals surface area contributed by atoms with Gasteiger partial charge in [-0.25, -0.2) is 0 Å². The topological polar surface area (TPSA) is 17.1 Å². The molecule has 60 valence electrons. The summed E-state index contributed by atoms with van der Waals surface area (Å²) in [7, 11) is 0. The predicted octanol–water partition coefficient (Wildman–Crippen LogP) is -1.22. The molecular weight excluding hydrogens is 251 g/mol. The molecule has 0 saturated heterocycles. The maximum absolute atomic E-state index is 10.9. The quantitative estimate of drug-likeness (QED) is 0.370. The van der Waals surface area contributed by atoms with Crippen LogP contribution in [0.2, 0.25) is 0 Å². The van der Waals surface area contributed by atoms with E-state index >= 15 is 0 Å². The molecule has 1 nitrogen and oxygen atoms in total. The number of alkyl halides is 1. The van der Waals surface area contributed by atoms with E-state index in [1.54, 1.807) is 6.92 Å². The van der Waals surface area contributed by atoms with E-state index < -0.39 is 0 Å². The van der Waals surface area contributed by atoms with Crippen molar-refractivity contribution in [1.29, 1.82) is 0 Å². The number of hydrogen-bond donors (Lipinski definition) is 0. The van der Waals surface area contributed by atoms with Crippen molar-refractivity contribution in [2.45, 2.75) is 6.92 Å². The third-order valence-electron chi connectivity index (χ3n) is 1.45. The molecule has 2 heteroatoms. The number of ketones is 1. The van der Waals surface area contributed by atoms with Crippen LogP contribution in [0, 0.1) is 3.57 Å². The predicted molar refractivity (Wildman–Crippen MR) is 41.1 cm³/mol. The Kier molecular flexibility index (Phi) is 3.05. The standard InChI is InChI=1S/C9H10IO/c1-7(11)8-4-3-5-9(6-8)10-2/h3-6H,1-2H3/q-1. The van der Waals surface area contributed by atoms with Crippen LogP contribution < -0.4 is 21.2 Å². The summed E-state index contributed by atoms with van der Waals surface area (Å²) < 4.78 is 1.33. The summed E-state index contributed by atoms with van der Waals surface area (Å²) >= 11 is 0.115. The molecule has 0 aromatic heterocycles. The number of carbonyl (C=O) groups is 1. The van der Waals surface area contributed by atoms with Gasteiger partial charge in [0.05, 0.1) is 0 Å². The molecule has 0 heterocycles. The summed E-state index contributed by atoms with van der Waals surface area (Å²) in [6.07, 6.45) is 0. The molecule has 0 bridgehead atoms. The zero-order chi connectivity index (χ0) is 8.27. The van der Waals surface area contributed by atoms with Crippen LogP contribution in [0.4, 0.5) is 0 Å². The molecule has 11 heavy (non-hydrogen) atoms. The van der Waals surface area contributed by atoms with Gasteiger partial charge >= 0.3 is 77.0 Å². The van der Waals surface area contributed by atoms with Crippen LogP contribution in [0.15, 0.2) is 24.3 Å². The average Bonchev–Trinajstić information content (AvgIpc) is 2.05. The van der Waals surface area contributed by atoms with Gasteiger partial charge in [-0.3, -0.25) is 0 Å². The number of Topliss-reactive ketones (excluding diaryl/α,β-unsaturated/α-hetero) is 1. The number of benzene rings is 1. The van der Waals surface area contributed by atoms with Gasteiger partial charge in [0, 0.05) is 0 Å². The first-order valence-corrected chi connectivity index (χ1v) is 6.58. The second-order valence-corrected chi connectivity index (χ2v) is 4.58. The Labute approximate surface area is 77.1 Å². The minimum atomic E-state index is 0.115. The van der Waals surface area contributed by atoms with Crippen molar-refractivity contribution in [2.24, 2.45) is 0 Å². The van der Waals surface area contributed by atoms with Crippen LogP contribution >= 0.6 is 0 Å². The first-order chi connectivity index (χ1) is 5.24. The molecule has 0 aliphatic rings. The van der Waals surface area contributed by atoms with Crippen molar-refractivity contribution >= 4 is 5.78 Å². The van der Waals surface area contributed by atoms with E-state index in [9.17, 15) is 4.79 Å². The average molecular weight is 261 g/mol. The Hall–Kier alpha value is -0.380. The first-order valence-electron chi connectivity index (χ1n) is 3.34. The SMILES string of the molecule is C[I-]c1cccc(C(C)=O)c1. The van der Waals surface area contributed by atoms with Gasteiger partial charge in [-0.05, 0) is 0 Å². The van der Waals surface area contributed by atoms with Gasteiger partial charge in [0.15, 0.2) is 0 Å². The molecule has 1 aromatic rings. The van der Waals surface area contributed by atoms with Gasteiger partial charge in [-0.2, -0.15) is 0 Å². The zero-order valence-electron chi connectivity index (χ0n) is 6.60. The number of rotatable bonds is 2. The van der Waals surface area contributed by atoms with Crippen LogP contribution in [0.5, 0.6) is 0 Å². The van der Waals surface area contributed by atoms with E-state index in [2.05, 4.69) is 11.0 Å². The summed E-state index contributed by atoms with van der Waals surface area (Å²) in [5.41, 5.74) is 0.837. The molecule has 0 aliphatic carbocycles. The third kappa shape index (κ3) is 2.29. The van der Waals surface area contributed by atoms with Gasteiger partial charge in [0.1, 0.15) is 0 Å². The molecule has 1 aromatic carbocycles. The molecule has 0 radical (unpaired) electrons. The Morgan fingerprint density at radius 3 is 2.73 bits per heavy atom. The third-order valence-corrected chi connectivity index (χ3v) is 3.37. The first kappa shape index (κ1) is 8.71. The Morgan fingerprint density at radius 1 is 1.45 bits per heavy atom. The van der Waals surface area contributed by atoms with E-state index in [0.717, 1.165) is 5.56 Å². The Balaban J connectivity index is 3.01. The van der Waals surface area contributed by atoms with E-state index in [4.69, 9.17) is 0 Å². The van der Waals surface area contributed by atoms with E-state index in [1.165, 1.54) is 3.57 Å². The fourth-order valence-electron chi connectivity index (χ4n) is 0.825. The second-order valence-electron chi connectivity index (χ2n) is 2.26. The summed E-state index contributed by atoms with van der Waals surface area (Å²) in [4.78, 5) is 13.1. The van der Waals surface area contributed by atoms with Crippen molar-refractivity contribution in [1.82, 2.24) is 0 Å². The Bertz CT molecular complexity index is 268. The molecule has 0 spiro atoms. The minimum absolute atomic E-state index is 0.115. The molecule has 0 aliphatic heterocycles. The molecular formula is C9H10IO-. The molecule has 0 N–H and O–H groups in total. The molecule has 0 atom stereocenters. The van der Waals surface area contributed by atoms with Crippen molar-refractivity contribution in [2.75, 3.05) is 4.93 Å². The van der Waals surface area contributed by atoms with Crippen LogP contribution in [0.3, 0.4) is 0 Å². The van der Waals surface area contributed by atoms with Crippen LogP contribution in [-0.4, -0.2) is 10.7 Å². The number of hydrogen-bond acceptors (Lipinski definition) is 1.